The van der Waals surface area contributed by atoms with Crippen molar-refractivity contribution >= 4 is 16.9 Å². The predicted molar refractivity (Wildman–Crippen MR) is 72.7 cm³/mol. The summed E-state index contributed by atoms with van der Waals surface area (Å²) < 4.78 is 1.22. The van der Waals surface area contributed by atoms with Crippen LogP contribution in [0.4, 0.5) is 4.79 Å². The maximum atomic E-state index is 11.4. The first kappa shape index (κ1) is 11.4. The molecule has 2 N–H and O–H groups in total. The number of primary amides is 1. The molecule has 0 atom stereocenters. The lowest BCUT2D eigenvalue weighted by atomic mass is 10.1. The second kappa shape index (κ2) is 4.20. The molecule has 94 valence electrons. The highest BCUT2D eigenvalue weighted by atomic mass is 16.2. The molecule has 0 spiro atoms. The third kappa shape index (κ3) is 1.85. The maximum absolute atomic E-state index is 11.4. The van der Waals surface area contributed by atoms with Crippen LogP contribution >= 0.6 is 0 Å². The Morgan fingerprint density at radius 3 is 2.79 bits per heavy atom. The number of pyridine rings is 1. The largest absolute Gasteiger partial charge is 0.350 e. The topological polar surface area (TPSA) is 73.8 Å². The van der Waals surface area contributed by atoms with Gasteiger partial charge in [-0.2, -0.15) is 9.78 Å². The number of amides is 1. The molecule has 0 saturated heterocycles. The molecular weight excluding hydrogens is 240 g/mol. The molecule has 0 aliphatic rings. The number of carbonyl (C=O) groups is 1. The van der Waals surface area contributed by atoms with Gasteiger partial charge < -0.3 is 5.73 Å². The zero-order valence-electron chi connectivity index (χ0n) is 10.4. The molecule has 0 aliphatic heterocycles. The van der Waals surface area contributed by atoms with Crippen LogP contribution in [0.25, 0.3) is 22.2 Å². The first-order valence-electron chi connectivity index (χ1n) is 5.87. The first-order chi connectivity index (χ1) is 9.16. The van der Waals surface area contributed by atoms with Gasteiger partial charge in [0.2, 0.25) is 0 Å². The highest BCUT2D eigenvalue weighted by Gasteiger charge is 2.14. The third-order valence-corrected chi connectivity index (χ3v) is 2.97. The molecule has 1 aromatic carbocycles. The minimum atomic E-state index is -0.590. The van der Waals surface area contributed by atoms with Gasteiger partial charge in [0.1, 0.15) is 5.69 Å². The van der Waals surface area contributed by atoms with E-state index >= 15 is 0 Å². The second-order valence-electron chi connectivity index (χ2n) is 4.30. The maximum Gasteiger partial charge on any atom is 0.340 e. The van der Waals surface area contributed by atoms with Gasteiger partial charge in [-0.1, -0.05) is 18.2 Å². The summed E-state index contributed by atoms with van der Waals surface area (Å²) in [6, 6.07) is 10.7. The number of carbonyl (C=O) groups excluding carboxylic acids is 1. The van der Waals surface area contributed by atoms with Crippen LogP contribution in [-0.4, -0.2) is 20.8 Å². The molecule has 5 heteroatoms. The molecule has 2 aromatic heterocycles. The molecule has 2 heterocycles. The lowest BCUT2D eigenvalue weighted by Crippen LogP contribution is -2.20. The zero-order chi connectivity index (χ0) is 13.4. The van der Waals surface area contributed by atoms with Crippen molar-refractivity contribution in [3.8, 4) is 11.3 Å². The van der Waals surface area contributed by atoms with Gasteiger partial charge in [-0.05, 0) is 25.1 Å². The van der Waals surface area contributed by atoms with E-state index in [2.05, 4.69) is 10.1 Å². The third-order valence-electron chi connectivity index (χ3n) is 2.97. The Balaban J connectivity index is 2.33. The van der Waals surface area contributed by atoms with E-state index in [1.54, 1.807) is 6.20 Å². The van der Waals surface area contributed by atoms with Crippen molar-refractivity contribution in [2.45, 2.75) is 6.92 Å². The molecule has 0 radical (unpaired) electrons. The number of hydrogen-bond acceptors (Lipinski definition) is 3. The van der Waals surface area contributed by atoms with E-state index in [4.69, 9.17) is 5.73 Å². The van der Waals surface area contributed by atoms with Gasteiger partial charge in [0.25, 0.3) is 0 Å². The molecule has 3 aromatic rings. The minimum absolute atomic E-state index is 0.590. The van der Waals surface area contributed by atoms with Gasteiger partial charge in [-0.25, -0.2) is 4.79 Å². The molecule has 0 aliphatic carbocycles. The van der Waals surface area contributed by atoms with Crippen molar-refractivity contribution in [3.63, 3.8) is 0 Å². The smallest absolute Gasteiger partial charge is 0.340 e. The van der Waals surface area contributed by atoms with Gasteiger partial charge >= 0.3 is 6.03 Å². The van der Waals surface area contributed by atoms with Gasteiger partial charge in [-0.3, -0.25) is 4.98 Å². The quantitative estimate of drug-likeness (QED) is 0.722. The van der Waals surface area contributed by atoms with E-state index in [0.717, 1.165) is 22.3 Å². The van der Waals surface area contributed by atoms with Crippen LogP contribution in [0.15, 0.2) is 42.6 Å². The first-order valence-corrected chi connectivity index (χ1v) is 5.87. The van der Waals surface area contributed by atoms with E-state index in [-0.39, 0.29) is 0 Å². The molecular formula is C14H12N4O. The van der Waals surface area contributed by atoms with E-state index in [1.165, 1.54) is 4.68 Å². The van der Waals surface area contributed by atoms with E-state index < -0.39 is 6.03 Å². The Labute approximate surface area is 109 Å². The van der Waals surface area contributed by atoms with Crippen molar-refractivity contribution in [2.24, 2.45) is 5.73 Å². The van der Waals surface area contributed by atoms with Crippen LogP contribution in [0.3, 0.4) is 0 Å². The zero-order valence-corrected chi connectivity index (χ0v) is 10.4. The number of rotatable bonds is 1. The number of aromatic nitrogens is 3. The van der Waals surface area contributed by atoms with Crippen molar-refractivity contribution in [2.75, 3.05) is 0 Å². The Hall–Kier alpha value is -2.69. The van der Waals surface area contributed by atoms with Crippen LogP contribution in [0.2, 0.25) is 0 Å². The highest BCUT2D eigenvalue weighted by Crippen LogP contribution is 2.27. The highest BCUT2D eigenvalue weighted by molar-refractivity contribution is 5.98. The van der Waals surface area contributed by atoms with E-state index in [1.807, 2.05) is 43.3 Å². The fraction of sp³-hybridized carbons (Fsp3) is 0.0714. The number of para-hydroxylation sites is 1. The summed E-state index contributed by atoms with van der Waals surface area (Å²) in [5.41, 5.74) is 8.61. The Kier molecular flexibility index (Phi) is 2.52. The Morgan fingerprint density at radius 1 is 1.26 bits per heavy atom. The molecule has 3 rings (SSSR count). The second-order valence-corrected chi connectivity index (χ2v) is 4.30. The Bertz CT molecular complexity index is 776. The molecule has 0 unspecified atom stereocenters. The summed E-state index contributed by atoms with van der Waals surface area (Å²) in [7, 11) is 0. The number of nitrogens with two attached hydrogens (primary N) is 1. The minimum Gasteiger partial charge on any atom is -0.350 e. The van der Waals surface area contributed by atoms with Crippen LogP contribution in [0, 0.1) is 6.92 Å². The molecule has 0 fully saturated rings. The average molecular weight is 252 g/mol. The molecule has 19 heavy (non-hydrogen) atoms. The van der Waals surface area contributed by atoms with Gasteiger partial charge in [0.15, 0.2) is 0 Å². The van der Waals surface area contributed by atoms with Gasteiger partial charge in [0.05, 0.1) is 5.52 Å². The fourth-order valence-electron chi connectivity index (χ4n) is 2.14. The lowest BCUT2D eigenvalue weighted by molar-refractivity contribution is 0.248. The van der Waals surface area contributed by atoms with Gasteiger partial charge in [0, 0.05) is 22.8 Å². The number of fused-ring (bicyclic) bond motifs is 1. The molecule has 5 nitrogen and oxygen atoms in total. The molecule has 1 amide bonds. The molecule has 0 bridgehead atoms. The standard InChI is InChI=1S/C14H12N4O/c1-9-8-10(6-7-16-9)13-11-4-2-3-5-12(11)18(17-13)14(15)19/h2-8H,1H3,(H2,15,19). The van der Waals surface area contributed by atoms with Crippen molar-refractivity contribution in [1.82, 2.24) is 14.8 Å². The van der Waals surface area contributed by atoms with Crippen LogP contribution in [0.1, 0.15) is 5.69 Å². The average Bonchev–Trinajstić information content (AvgIpc) is 2.78. The monoisotopic (exact) mass is 252 g/mol. The Morgan fingerprint density at radius 2 is 2.05 bits per heavy atom. The van der Waals surface area contributed by atoms with E-state index in [0.29, 0.717) is 5.52 Å². The van der Waals surface area contributed by atoms with Crippen LogP contribution in [0.5, 0.6) is 0 Å². The summed E-state index contributed by atoms with van der Waals surface area (Å²) in [5.74, 6) is 0. The summed E-state index contributed by atoms with van der Waals surface area (Å²) >= 11 is 0. The summed E-state index contributed by atoms with van der Waals surface area (Å²) in [5, 5.41) is 5.21. The number of hydrogen-bond donors (Lipinski definition) is 1. The normalized spacial score (nSPS) is 10.8. The predicted octanol–water partition coefficient (Wildman–Crippen LogP) is 2.33. The van der Waals surface area contributed by atoms with Gasteiger partial charge in [-0.15, -0.1) is 0 Å². The van der Waals surface area contributed by atoms with Crippen LogP contribution in [-0.2, 0) is 0 Å². The lowest BCUT2D eigenvalue weighted by Gasteiger charge is -1.98. The number of benzene rings is 1. The SMILES string of the molecule is Cc1cc(-c2nn(C(N)=O)c3ccccc23)ccn1. The summed E-state index contributed by atoms with van der Waals surface area (Å²) in [6.07, 6.45) is 1.72. The van der Waals surface area contributed by atoms with Crippen LogP contribution < -0.4 is 5.73 Å². The number of nitrogens with zero attached hydrogens (tertiary/aromatic N) is 3. The van der Waals surface area contributed by atoms with E-state index in [9.17, 15) is 4.79 Å². The molecule has 0 saturated carbocycles. The fourth-order valence-corrected chi connectivity index (χ4v) is 2.14. The summed E-state index contributed by atoms with van der Waals surface area (Å²) in [4.78, 5) is 15.6. The summed E-state index contributed by atoms with van der Waals surface area (Å²) in [6.45, 7) is 1.91. The van der Waals surface area contributed by atoms with Crippen molar-refractivity contribution in [1.29, 1.82) is 0 Å². The van der Waals surface area contributed by atoms with Crippen molar-refractivity contribution < 1.29 is 4.79 Å². The number of aryl methyl sites for hydroxylation is 1. The van der Waals surface area contributed by atoms with Crippen molar-refractivity contribution in [3.05, 3.63) is 48.3 Å².